The molecule has 1 atom stereocenters. The Morgan fingerprint density at radius 3 is 2.12 bits per heavy atom. The summed E-state index contributed by atoms with van der Waals surface area (Å²) in [5.41, 5.74) is 0. The van der Waals surface area contributed by atoms with Gasteiger partial charge in [0.25, 0.3) is 0 Å². The van der Waals surface area contributed by atoms with E-state index >= 15 is 0 Å². The molecule has 1 fully saturated rings. The van der Waals surface area contributed by atoms with E-state index in [2.05, 4.69) is 19.2 Å². The second kappa shape index (κ2) is 8.08. The van der Waals surface area contributed by atoms with Gasteiger partial charge in [-0.25, -0.2) is 0 Å². The molecule has 0 heterocycles. The zero-order valence-electron chi connectivity index (χ0n) is 11.0. The molecule has 0 aromatic rings. The third kappa shape index (κ3) is 5.31. The Balaban J connectivity index is 2.35. The second-order valence-electron chi connectivity index (χ2n) is 5.57. The fourth-order valence-corrected chi connectivity index (χ4v) is 2.67. The van der Waals surface area contributed by atoms with Crippen molar-refractivity contribution in [3.63, 3.8) is 0 Å². The van der Waals surface area contributed by atoms with Crippen LogP contribution < -0.4 is 5.32 Å². The van der Waals surface area contributed by atoms with Crippen molar-refractivity contribution in [3.8, 4) is 0 Å². The van der Waals surface area contributed by atoms with Crippen LogP contribution in [0, 0.1) is 5.92 Å². The zero-order chi connectivity index (χ0) is 11.8. The molecule has 0 amide bonds. The van der Waals surface area contributed by atoms with Crippen molar-refractivity contribution in [1.29, 1.82) is 0 Å². The van der Waals surface area contributed by atoms with Crippen LogP contribution in [-0.4, -0.2) is 23.8 Å². The third-order valence-corrected chi connectivity index (χ3v) is 3.80. The molecule has 1 aliphatic rings. The summed E-state index contributed by atoms with van der Waals surface area (Å²) in [6, 6.07) is 1.19. The Bertz CT molecular complexity index is 162. The van der Waals surface area contributed by atoms with Crippen LogP contribution in [-0.2, 0) is 0 Å². The van der Waals surface area contributed by atoms with E-state index in [0.29, 0.717) is 24.6 Å². The monoisotopic (exact) mass is 227 g/mol. The molecule has 0 saturated heterocycles. The normalized spacial score (nSPS) is 21.8. The number of rotatable bonds is 5. The summed E-state index contributed by atoms with van der Waals surface area (Å²) in [7, 11) is 0. The SMILES string of the molecule is CC(C)C(CCO)NC1CCCCCCC1. The zero-order valence-corrected chi connectivity index (χ0v) is 11.0. The quantitative estimate of drug-likeness (QED) is 0.756. The summed E-state index contributed by atoms with van der Waals surface area (Å²) in [5.74, 6) is 0.623. The summed E-state index contributed by atoms with van der Waals surface area (Å²) < 4.78 is 0. The van der Waals surface area contributed by atoms with Crippen LogP contribution in [0.2, 0.25) is 0 Å². The van der Waals surface area contributed by atoms with Gasteiger partial charge in [-0.05, 0) is 25.2 Å². The molecule has 2 heteroatoms. The maximum atomic E-state index is 9.08. The Morgan fingerprint density at radius 2 is 1.62 bits per heavy atom. The Hall–Kier alpha value is -0.0800. The third-order valence-electron chi connectivity index (χ3n) is 3.80. The van der Waals surface area contributed by atoms with Gasteiger partial charge in [0.05, 0.1) is 0 Å². The molecule has 0 spiro atoms. The van der Waals surface area contributed by atoms with E-state index in [4.69, 9.17) is 5.11 Å². The van der Waals surface area contributed by atoms with Crippen molar-refractivity contribution >= 4 is 0 Å². The number of aliphatic hydroxyl groups is 1. The first-order chi connectivity index (χ1) is 7.74. The lowest BCUT2D eigenvalue weighted by molar-refractivity contribution is 0.226. The van der Waals surface area contributed by atoms with Crippen molar-refractivity contribution in [2.45, 2.75) is 77.3 Å². The maximum absolute atomic E-state index is 9.08. The van der Waals surface area contributed by atoms with Gasteiger partial charge in [-0.15, -0.1) is 0 Å². The van der Waals surface area contributed by atoms with E-state index in [1.807, 2.05) is 0 Å². The first-order valence-electron chi connectivity index (χ1n) is 7.11. The molecule has 1 unspecified atom stereocenters. The predicted molar refractivity (Wildman–Crippen MR) is 69.6 cm³/mol. The van der Waals surface area contributed by atoms with Gasteiger partial charge in [0.2, 0.25) is 0 Å². The van der Waals surface area contributed by atoms with Crippen molar-refractivity contribution in [2.24, 2.45) is 5.92 Å². The standard InChI is InChI=1S/C14H29NO/c1-12(2)14(10-11-16)15-13-8-6-4-3-5-7-9-13/h12-16H,3-11H2,1-2H3. The average Bonchev–Trinajstić information content (AvgIpc) is 2.20. The van der Waals surface area contributed by atoms with Crippen molar-refractivity contribution in [2.75, 3.05) is 6.61 Å². The summed E-state index contributed by atoms with van der Waals surface area (Å²) in [6.45, 7) is 4.80. The molecule has 2 N–H and O–H groups in total. The van der Waals surface area contributed by atoms with E-state index in [0.717, 1.165) is 6.42 Å². The lowest BCUT2D eigenvalue weighted by Crippen LogP contribution is -2.42. The molecule has 1 saturated carbocycles. The van der Waals surface area contributed by atoms with Crippen LogP contribution in [0.1, 0.15) is 65.2 Å². The molecule has 0 radical (unpaired) electrons. The Morgan fingerprint density at radius 1 is 1.06 bits per heavy atom. The van der Waals surface area contributed by atoms with E-state index in [-0.39, 0.29) is 0 Å². The fraction of sp³-hybridized carbons (Fsp3) is 1.00. The molecular formula is C14H29NO. The van der Waals surface area contributed by atoms with Crippen molar-refractivity contribution < 1.29 is 5.11 Å². The highest BCUT2D eigenvalue weighted by Gasteiger charge is 2.18. The minimum Gasteiger partial charge on any atom is -0.396 e. The summed E-state index contributed by atoms with van der Waals surface area (Å²) in [6.07, 6.45) is 10.5. The maximum Gasteiger partial charge on any atom is 0.0445 e. The highest BCUT2D eigenvalue weighted by Crippen LogP contribution is 2.19. The van der Waals surface area contributed by atoms with Crippen LogP contribution in [0.4, 0.5) is 0 Å². The highest BCUT2D eigenvalue weighted by molar-refractivity contribution is 4.77. The molecule has 16 heavy (non-hydrogen) atoms. The smallest absolute Gasteiger partial charge is 0.0445 e. The first kappa shape index (κ1) is 14.0. The molecule has 1 aliphatic carbocycles. The lowest BCUT2D eigenvalue weighted by atomic mass is 9.93. The summed E-state index contributed by atoms with van der Waals surface area (Å²) in [5, 5.41) is 12.8. The van der Waals surface area contributed by atoms with Gasteiger partial charge in [-0.3, -0.25) is 0 Å². The number of hydrogen-bond donors (Lipinski definition) is 2. The molecule has 96 valence electrons. The van der Waals surface area contributed by atoms with Crippen molar-refractivity contribution in [1.82, 2.24) is 5.32 Å². The van der Waals surface area contributed by atoms with E-state index in [1.165, 1.54) is 44.9 Å². The molecule has 0 bridgehead atoms. The van der Waals surface area contributed by atoms with Crippen LogP contribution in [0.15, 0.2) is 0 Å². The van der Waals surface area contributed by atoms with Gasteiger partial charge in [-0.2, -0.15) is 0 Å². The van der Waals surface area contributed by atoms with E-state index in [1.54, 1.807) is 0 Å². The number of nitrogens with one attached hydrogen (secondary N) is 1. The van der Waals surface area contributed by atoms with Crippen LogP contribution in [0.25, 0.3) is 0 Å². The molecule has 1 rings (SSSR count). The van der Waals surface area contributed by atoms with E-state index in [9.17, 15) is 0 Å². The van der Waals surface area contributed by atoms with E-state index < -0.39 is 0 Å². The molecule has 0 aromatic carbocycles. The largest absolute Gasteiger partial charge is 0.396 e. The number of hydrogen-bond acceptors (Lipinski definition) is 2. The summed E-state index contributed by atoms with van der Waals surface area (Å²) in [4.78, 5) is 0. The van der Waals surface area contributed by atoms with Gasteiger partial charge in [0.1, 0.15) is 0 Å². The molecular weight excluding hydrogens is 198 g/mol. The predicted octanol–water partition coefficient (Wildman–Crippen LogP) is 3.10. The van der Waals surface area contributed by atoms with Gasteiger partial charge in [0.15, 0.2) is 0 Å². The highest BCUT2D eigenvalue weighted by atomic mass is 16.3. The van der Waals surface area contributed by atoms with Gasteiger partial charge >= 0.3 is 0 Å². The molecule has 2 nitrogen and oxygen atoms in total. The lowest BCUT2D eigenvalue weighted by Gasteiger charge is -2.29. The van der Waals surface area contributed by atoms with Crippen LogP contribution in [0.3, 0.4) is 0 Å². The van der Waals surface area contributed by atoms with Crippen LogP contribution >= 0.6 is 0 Å². The number of aliphatic hydroxyl groups excluding tert-OH is 1. The Kier molecular flexibility index (Phi) is 7.06. The van der Waals surface area contributed by atoms with Gasteiger partial charge in [-0.1, -0.05) is 46.0 Å². The topological polar surface area (TPSA) is 32.3 Å². The van der Waals surface area contributed by atoms with Crippen molar-refractivity contribution in [3.05, 3.63) is 0 Å². The minimum atomic E-state index is 0.308. The van der Waals surface area contributed by atoms with Gasteiger partial charge < -0.3 is 10.4 Å². The van der Waals surface area contributed by atoms with Crippen LogP contribution in [0.5, 0.6) is 0 Å². The first-order valence-corrected chi connectivity index (χ1v) is 7.11. The minimum absolute atomic E-state index is 0.308. The average molecular weight is 227 g/mol. The molecule has 0 aromatic heterocycles. The molecule has 0 aliphatic heterocycles. The Labute approximate surface area is 101 Å². The van der Waals surface area contributed by atoms with Gasteiger partial charge in [0, 0.05) is 18.7 Å². The fourth-order valence-electron chi connectivity index (χ4n) is 2.67. The second-order valence-corrected chi connectivity index (χ2v) is 5.57. The summed E-state index contributed by atoms with van der Waals surface area (Å²) >= 11 is 0.